The van der Waals surface area contributed by atoms with Crippen LogP contribution < -0.4 is 0 Å². The highest BCUT2D eigenvalue weighted by Gasteiger charge is 2.06. The van der Waals surface area contributed by atoms with Gasteiger partial charge in [-0.2, -0.15) is 0 Å². The standard InChI is InChI=1S/C16H25NO/c1-12-8-9-16(15(4)14(12)3)11-17(5)10-6-7-13(2)18/h8-9H,6-7,10-11H2,1-5H3. The third kappa shape index (κ3) is 4.26. The second-order valence-electron chi connectivity index (χ2n) is 5.33. The summed E-state index contributed by atoms with van der Waals surface area (Å²) < 4.78 is 0. The van der Waals surface area contributed by atoms with Gasteiger partial charge in [-0.25, -0.2) is 0 Å². The Kier molecular flexibility index (Phi) is 5.54. The predicted octanol–water partition coefficient (Wildman–Crippen LogP) is 3.41. The molecule has 1 rings (SSSR count). The van der Waals surface area contributed by atoms with Gasteiger partial charge in [-0.1, -0.05) is 12.1 Å². The molecule has 0 amide bonds. The van der Waals surface area contributed by atoms with Crippen molar-refractivity contribution in [2.24, 2.45) is 0 Å². The molecular formula is C16H25NO. The van der Waals surface area contributed by atoms with E-state index < -0.39 is 0 Å². The second-order valence-corrected chi connectivity index (χ2v) is 5.33. The van der Waals surface area contributed by atoms with Gasteiger partial charge in [0.2, 0.25) is 0 Å². The number of ketones is 1. The third-order valence-electron chi connectivity index (χ3n) is 3.68. The van der Waals surface area contributed by atoms with Crippen molar-refractivity contribution < 1.29 is 4.79 Å². The van der Waals surface area contributed by atoms with Crippen LogP contribution in [0.2, 0.25) is 0 Å². The van der Waals surface area contributed by atoms with E-state index in [2.05, 4.69) is 44.9 Å². The molecular weight excluding hydrogens is 222 g/mol. The van der Waals surface area contributed by atoms with Crippen molar-refractivity contribution in [1.29, 1.82) is 0 Å². The molecule has 2 heteroatoms. The van der Waals surface area contributed by atoms with E-state index in [1.54, 1.807) is 6.92 Å². The number of hydrogen-bond donors (Lipinski definition) is 0. The number of carbonyl (C=O) groups excluding carboxylic acids is 1. The molecule has 0 spiro atoms. The zero-order chi connectivity index (χ0) is 13.7. The Bertz CT molecular complexity index is 423. The first kappa shape index (κ1) is 14.9. The molecule has 0 unspecified atom stereocenters. The van der Waals surface area contributed by atoms with Crippen molar-refractivity contribution >= 4 is 5.78 Å². The number of Topliss-reactive ketones (excluding diaryl/α,β-unsaturated/α-hetero) is 1. The lowest BCUT2D eigenvalue weighted by Crippen LogP contribution is -2.20. The topological polar surface area (TPSA) is 20.3 Å². The summed E-state index contributed by atoms with van der Waals surface area (Å²) in [6.45, 7) is 10.1. The highest BCUT2D eigenvalue weighted by atomic mass is 16.1. The highest BCUT2D eigenvalue weighted by Crippen LogP contribution is 2.18. The summed E-state index contributed by atoms with van der Waals surface area (Å²) in [6.07, 6.45) is 1.64. The molecule has 100 valence electrons. The highest BCUT2D eigenvalue weighted by molar-refractivity contribution is 5.75. The second kappa shape index (κ2) is 6.69. The smallest absolute Gasteiger partial charge is 0.129 e. The van der Waals surface area contributed by atoms with Crippen LogP contribution in [0.1, 0.15) is 42.0 Å². The fraction of sp³-hybridized carbons (Fsp3) is 0.562. The van der Waals surface area contributed by atoms with Crippen molar-refractivity contribution in [3.8, 4) is 0 Å². The largest absolute Gasteiger partial charge is 0.302 e. The normalized spacial score (nSPS) is 11.0. The Morgan fingerprint density at radius 2 is 1.83 bits per heavy atom. The molecule has 0 atom stereocenters. The van der Waals surface area contributed by atoms with Gasteiger partial charge in [-0.05, 0) is 70.0 Å². The molecule has 1 aromatic rings. The number of rotatable bonds is 6. The Labute approximate surface area is 111 Å². The first-order valence-electron chi connectivity index (χ1n) is 6.65. The quantitative estimate of drug-likeness (QED) is 0.767. The zero-order valence-electron chi connectivity index (χ0n) is 12.3. The van der Waals surface area contributed by atoms with E-state index in [0.717, 1.165) is 19.5 Å². The van der Waals surface area contributed by atoms with Crippen LogP contribution in [-0.2, 0) is 11.3 Å². The fourth-order valence-corrected chi connectivity index (χ4v) is 2.15. The molecule has 0 aliphatic rings. The van der Waals surface area contributed by atoms with E-state index in [4.69, 9.17) is 0 Å². The predicted molar refractivity (Wildman–Crippen MR) is 76.9 cm³/mol. The molecule has 0 saturated carbocycles. The van der Waals surface area contributed by atoms with Gasteiger partial charge in [0.25, 0.3) is 0 Å². The van der Waals surface area contributed by atoms with Crippen molar-refractivity contribution in [3.05, 3.63) is 34.4 Å². The maximum atomic E-state index is 10.9. The van der Waals surface area contributed by atoms with E-state index in [1.165, 1.54) is 22.3 Å². The summed E-state index contributed by atoms with van der Waals surface area (Å²) in [6, 6.07) is 4.42. The van der Waals surface area contributed by atoms with E-state index >= 15 is 0 Å². The lowest BCUT2D eigenvalue weighted by atomic mass is 9.98. The van der Waals surface area contributed by atoms with Crippen molar-refractivity contribution in [1.82, 2.24) is 4.90 Å². The minimum Gasteiger partial charge on any atom is -0.302 e. The molecule has 0 saturated heterocycles. The van der Waals surface area contributed by atoms with E-state index in [9.17, 15) is 4.79 Å². The SMILES string of the molecule is CC(=O)CCCN(C)Cc1ccc(C)c(C)c1C. The number of carbonyl (C=O) groups is 1. The fourth-order valence-electron chi connectivity index (χ4n) is 2.15. The number of hydrogen-bond acceptors (Lipinski definition) is 2. The van der Waals surface area contributed by atoms with E-state index in [-0.39, 0.29) is 5.78 Å². The molecule has 0 N–H and O–H groups in total. The van der Waals surface area contributed by atoms with Gasteiger partial charge >= 0.3 is 0 Å². The van der Waals surface area contributed by atoms with Gasteiger partial charge < -0.3 is 9.69 Å². The van der Waals surface area contributed by atoms with Crippen LogP contribution >= 0.6 is 0 Å². The number of benzene rings is 1. The molecule has 0 radical (unpaired) electrons. The first-order chi connectivity index (χ1) is 8.41. The number of aryl methyl sites for hydroxylation is 1. The Morgan fingerprint density at radius 1 is 1.17 bits per heavy atom. The van der Waals surface area contributed by atoms with Crippen molar-refractivity contribution in [2.45, 2.75) is 47.1 Å². The van der Waals surface area contributed by atoms with E-state index in [0.29, 0.717) is 6.42 Å². The van der Waals surface area contributed by atoms with Gasteiger partial charge in [-0.3, -0.25) is 0 Å². The Morgan fingerprint density at radius 3 is 2.44 bits per heavy atom. The van der Waals surface area contributed by atoms with Gasteiger partial charge in [-0.15, -0.1) is 0 Å². The Hall–Kier alpha value is -1.15. The lowest BCUT2D eigenvalue weighted by Gasteiger charge is -2.19. The molecule has 0 fully saturated rings. The molecule has 0 heterocycles. The van der Waals surface area contributed by atoms with Gasteiger partial charge in [0.15, 0.2) is 0 Å². The molecule has 18 heavy (non-hydrogen) atoms. The van der Waals surface area contributed by atoms with Crippen LogP contribution in [-0.4, -0.2) is 24.3 Å². The first-order valence-corrected chi connectivity index (χ1v) is 6.65. The minimum absolute atomic E-state index is 0.283. The zero-order valence-corrected chi connectivity index (χ0v) is 12.3. The lowest BCUT2D eigenvalue weighted by molar-refractivity contribution is -0.117. The summed E-state index contributed by atoms with van der Waals surface area (Å²) >= 11 is 0. The van der Waals surface area contributed by atoms with Crippen LogP contribution in [0.15, 0.2) is 12.1 Å². The van der Waals surface area contributed by atoms with Crippen LogP contribution in [0, 0.1) is 20.8 Å². The molecule has 0 aliphatic carbocycles. The molecule has 0 bridgehead atoms. The molecule has 0 aromatic heterocycles. The summed E-state index contributed by atoms with van der Waals surface area (Å²) in [5.74, 6) is 0.283. The number of nitrogens with zero attached hydrogens (tertiary/aromatic N) is 1. The monoisotopic (exact) mass is 247 g/mol. The van der Waals surface area contributed by atoms with Crippen LogP contribution in [0.3, 0.4) is 0 Å². The van der Waals surface area contributed by atoms with Crippen molar-refractivity contribution in [3.63, 3.8) is 0 Å². The maximum Gasteiger partial charge on any atom is 0.129 e. The minimum atomic E-state index is 0.283. The summed E-state index contributed by atoms with van der Waals surface area (Å²) in [4.78, 5) is 13.2. The van der Waals surface area contributed by atoms with Gasteiger partial charge in [0.1, 0.15) is 5.78 Å². The van der Waals surface area contributed by atoms with Gasteiger partial charge in [0.05, 0.1) is 0 Å². The molecule has 2 nitrogen and oxygen atoms in total. The van der Waals surface area contributed by atoms with Crippen LogP contribution in [0.5, 0.6) is 0 Å². The average Bonchev–Trinajstić information content (AvgIpc) is 2.29. The van der Waals surface area contributed by atoms with Crippen LogP contribution in [0.4, 0.5) is 0 Å². The third-order valence-corrected chi connectivity index (χ3v) is 3.68. The average molecular weight is 247 g/mol. The van der Waals surface area contributed by atoms with Gasteiger partial charge in [0, 0.05) is 13.0 Å². The van der Waals surface area contributed by atoms with Crippen LogP contribution in [0.25, 0.3) is 0 Å². The summed E-state index contributed by atoms with van der Waals surface area (Å²) in [5, 5.41) is 0. The Balaban J connectivity index is 2.57. The molecule has 1 aromatic carbocycles. The molecule has 0 aliphatic heterocycles. The summed E-state index contributed by atoms with van der Waals surface area (Å²) in [5.41, 5.74) is 5.54. The summed E-state index contributed by atoms with van der Waals surface area (Å²) in [7, 11) is 2.12. The maximum absolute atomic E-state index is 10.9. The van der Waals surface area contributed by atoms with E-state index in [1.807, 2.05) is 0 Å². The van der Waals surface area contributed by atoms with Crippen molar-refractivity contribution in [2.75, 3.05) is 13.6 Å².